The molecule has 4 nitrogen and oxygen atoms in total. The molecule has 2 aromatic heterocycles. The molecule has 0 aromatic carbocycles. The zero-order valence-corrected chi connectivity index (χ0v) is 13.1. The summed E-state index contributed by atoms with van der Waals surface area (Å²) in [7, 11) is 0. The number of hydrogen-bond donors (Lipinski definition) is 1. The van der Waals surface area contributed by atoms with Gasteiger partial charge in [-0.15, -0.1) is 11.3 Å². The summed E-state index contributed by atoms with van der Waals surface area (Å²) >= 11 is 1.78. The molecule has 0 bridgehead atoms. The number of nitrogens with zero attached hydrogens (tertiary/aromatic N) is 2. The van der Waals surface area contributed by atoms with Gasteiger partial charge in [-0.3, -0.25) is 4.90 Å². The minimum atomic E-state index is -0.0254. The molecule has 1 aliphatic heterocycles. The normalized spacial score (nSPS) is 17.6. The van der Waals surface area contributed by atoms with Gasteiger partial charge in [-0.1, -0.05) is 0 Å². The van der Waals surface area contributed by atoms with Gasteiger partial charge >= 0.3 is 0 Å². The first-order valence-electron chi connectivity index (χ1n) is 7.06. The van der Waals surface area contributed by atoms with Gasteiger partial charge in [0, 0.05) is 31.1 Å². The Morgan fingerprint density at radius 2 is 2.10 bits per heavy atom. The Kier molecular flexibility index (Phi) is 3.67. The van der Waals surface area contributed by atoms with Crippen molar-refractivity contribution < 1.29 is 4.42 Å². The Morgan fingerprint density at radius 1 is 1.35 bits per heavy atom. The second-order valence-corrected chi connectivity index (χ2v) is 6.90. The number of nitrogens with one attached hydrogen (secondary N) is 1. The lowest BCUT2D eigenvalue weighted by molar-refractivity contribution is 0.102. The van der Waals surface area contributed by atoms with E-state index in [2.05, 4.69) is 31.0 Å². The molecule has 3 heterocycles. The van der Waals surface area contributed by atoms with Crippen molar-refractivity contribution in [2.75, 3.05) is 26.2 Å². The molecule has 0 saturated carbocycles. The van der Waals surface area contributed by atoms with Crippen molar-refractivity contribution in [2.24, 2.45) is 0 Å². The Labute approximate surface area is 123 Å². The molecular weight excluding hydrogens is 270 g/mol. The van der Waals surface area contributed by atoms with Crippen molar-refractivity contribution in [3.05, 3.63) is 28.3 Å². The number of piperazine rings is 1. The smallest absolute Gasteiger partial charge is 0.153 e. The van der Waals surface area contributed by atoms with E-state index in [1.807, 2.05) is 12.1 Å². The van der Waals surface area contributed by atoms with Crippen molar-refractivity contribution in [2.45, 2.75) is 26.3 Å². The second kappa shape index (κ2) is 5.31. The van der Waals surface area contributed by atoms with Gasteiger partial charge in [0.1, 0.15) is 10.7 Å². The lowest BCUT2D eigenvalue weighted by Crippen LogP contribution is -2.51. The lowest BCUT2D eigenvalue weighted by atomic mass is 10.0. The topological polar surface area (TPSA) is 41.3 Å². The van der Waals surface area contributed by atoms with Gasteiger partial charge in [-0.05, 0) is 32.9 Å². The monoisotopic (exact) mass is 291 g/mol. The van der Waals surface area contributed by atoms with E-state index < -0.39 is 0 Å². The highest BCUT2D eigenvalue weighted by Crippen LogP contribution is 2.36. The third kappa shape index (κ3) is 2.41. The molecule has 1 N–H and O–H groups in total. The van der Waals surface area contributed by atoms with Crippen LogP contribution in [0.4, 0.5) is 0 Å². The molecule has 1 saturated heterocycles. The van der Waals surface area contributed by atoms with Gasteiger partial charge in [0.2, 0.25) is 0 Å². The molecule has 1 fully saturated rings. The van der Waals surface area contributed by atoms with E-state index in [1.165, 1.54) is 9.88 Å². The Morgan fingerprint density at radius 3 is 2.75 bits per heavy atom. The van der Waals surface area contributed by atoms with Crippen molar-refractivity contribution in [1.29, 1.82) is 0 Å². The van der Waals surface area contributed by atoms with Crippen LogP contribution in [0.15, 0.2) is 22.8 Å². The summed E-state index contributed by atoms with van der Waals surface area (Å²) in [6, 6.07) is 3.89. The lowest BCUT2D eigenvalue weighted by Gasteiger charge is -2.39. The van der Waals surface area contributed by atoms with Crippen molar-refractivity contribution in [3.8, 4) is 11.5 Å². The maximum Gasteiger partial charge on any atom is 0.153 e. The van der Waals surface area contributed by atoms with Crippen molar-refractivity contribution in [1.82, 2.24) is 15.2 Å². The molecule has 0 unspecified atom stereocenters. The summed E-state index contributed by atoms with van der Waals surface area (Å²) in [5.74, 6) is 0.862. The quantitative estimate of drug-likeness (QED) is 0.944. The maximum absolute atomic E-state index is 5.49. The standard InChI is InChI=1S/C15H21N3OS/c1-11-13(12-5-4-10-19-12)17-14(20-11)15(2,3)18-8-6-16-7-9-18/h4-5,10,16H,6-9H2,1-3H3. The summed E-state index contributed by atoms with van der Waals surface area (Å²) in [6.07, 6.45) is 1.70. The number of aryl methyl sites for hydroxylation is 1. The number of aromatic nitrogens is 1. The van der Waals surface area contributed by atoms with Crippen LogP contribution in [0.5, 0.6) is 0 Å². The largest absolute Gasteiger partial charge is 0.463 e. The molecule has 5 heteroatoms. The van der Waals surface area contributed by atoms with E-state index in [-0.39, 0.29) is 5.54 Å². The van der Waals surface area contributed by atoms with E-state index in [0.29, 0.717) is 0 Å². The predicted octanol–water partition coefficient (Wildman–Crippen LogP) is 2.85. The SMILES string of the molecule is Cc1sc(C(C)(C)N2CCNCC2)nc1-c1ccco1. The van der Waals surface area contributed by atoms with Gasteiger partial charge in [-0.25, -0.2) is 4.98 Å². The number of furan rings is 1. The van der Waals surface area contributed by atoms with Crippen LogP contribution in [0.25, 0.3) is 11.5 Å². The van der Waals surface area contributed by atoms with Crippen LogP contribution in [-0.2, 0) is 5.54 Å². The van der Waals surface area contributed by atoms with E-state index in [0.717, 1.165) is 37.6 Å². The first kappa shape index (κ1) is 13.8. The highest BCUT2D eigenvalue weighted by atomic mass is 32.1. The fraction of sp³-hybridized carbons (Fsp3) is 0.533. The first-order valence-corrected chi connectivity index (χ1v) is 7.88. The van der Waals surface area contributed by atoms with Gasteiger partial charge in [0.25, 0.3) is 0 Å². The highest BCUT2D eigenvalue weighted by molar-refractivity contribution is 7.12. The Hall–Kier alpha value is -1.17. The van der Waals surface area contributed by atoms with Crippen LogP contribution in [-0.4, -0.2) is 36.1 Å². The van der Waals surface area contributed by atoms with E-state index >= 15 is 0 Å². The van der Waals surface area contributed by atoms with Crippen molar-refractivity contribution >= 4 is 11.3 Å². The van der Waals surface area contributed by atoms with Gasteiger partial charge < -0.3 is 9.73 Å². The minimum Gasteiger partial charge on any atom is -0.463 e. The van der Waals surface area contributed by atoms with Crippen molar-refractivity contribution in [3.63, 3.8) is 0 Å². The average molecular weight is 291 g/mol. The summed E-state index contributed by atoms with van der Waals surface area (Å²) < 4.78 is 5.49. The molecular formula is C15H21N3OS. The van der Waals surface area contributed by atoms with E-state index in [1.54, 1.807) is 17.6 Å². The fourth-order valence-electron chi connectivity index (χ4n) is 2.66. The zero-order chi connectivity index (χ0) is 14.2. The highest BCUT2D eigenvalue weighted by Gasteiger charge is 2.33. The Balaban J connectivity index is 1.92. The van der Waals surface area contributed by atoms with E-state index in [9.17, 15) is 0 Å². The second-order valence-electron chi connectivity index (χ2n) is 5.70. The fourth-order valence-corrected chi connectivity index (χ4v) is 3.71. The molecule has 1 aliphatic rings. The molecule has 0 atom stereocenters. The zero-order valence-electron chi connectivity index (χ0n) is 12.3. The Bertz CT molecular complexity index is 568. The van der Waals surface area contributed by atoms with Crippen LogP contribution in [0.2, 0.25) is 0 Å². The van der Waals surface area contributed by atoms with Gasteiger partial charge in [-0.2, -0.15) is 0 Å². The number of rotatable bonds is 3. The van der Waals surface area contributed by atoms with Crippen LogP contribution in [0, 0.1) is 6.92 Å². The summed E-state index contributed by atoms with van der Waals surface area (Å²) in [4.78, 5) is 8.59. The number of hydrogen-bond acceptors (Lipinski definition) is 5. The molecule has 20 heavy (non-hydrogen) atoms. The third-order valence-electron chi connectivity index (χ3n) is 3.98. The van der Waals surface area contributed by atoms with E-state index in [4.69, 9.17) is 9.40 Å². The van der Waals surface area contributed by atoms with Crippen LogP contribution >= 0.6 is 11.3 Å². The average Bonchev–Trinajstić information content (AvgIpc) is 3.08. The van der Waals surface area contributed by atoms with Crippen LogP contribution in [0.1, 0.15) is 23.7 Å². The first-order chi connectivity index (χ1) is 9.59. The van der Waals surface area contributed by atoms with Gasteiger partial charge in [0.05, 0.1) is 11.8 Å². The van der Waals surface area contributed by atoms with Crippen LogP contribution < -0.4 is 5.32 Å². The summed E-state index contributed by atoms with van der Waals surface area (Å²) in [5, 5.41) is 4.57. The van der Waals surface area contributed by atoms with Gasteiger partial charge in [0.15, 0.2) is 5.76 Å². The maximum atomic E-state index is 5.49. The molecule has 2 aromatic rings. The predicted molar refractivity (Wildman–Crippen MR) is 82.0 cm³/mol. The summed E-state index contributed by atoms with van der Waals surface area (Å²) in [5.41, 5.74) is 0.959. The summed E-state index contributed by atoms with van der Waals surface area (Å²) in [6.45, 7) is 10.9. The number of thiazole rings is 1. The third-order valence-corrected chi connectivity index (χ3v) is 5.27. The minimum absolute atomic E-state index is 0.0254. The molecule has 0 radical (unpaired) electrons. The molecule has 0 amide bonds. The molecule has 0 aliphatic carbocycles. The molecule has 3 rings (SSSR count). The molecule has 0 spiro atoms. The van der Waals surface area contributed by atoms with Crippen LogP contribution in [0.3, 0.4) is 0 Å². The molecule has 108 valence electrons.